The molecule has 7 heteroatoms. The zero-order valence-electron chi connectivity index (χ0n) is 13.3. The van der Waals surface area contributed by atoms with Gasteiger partial charge in [-0.3, -0.25) is 4.79 Å². The number of ether oxygens (including phenoxy) is 1. The number of carbonyl (C=O) groups excluding carboxylic acids is 1. The minimum atomic E-state index is -2.95. The Bertz CT molecular complexity index is 559. The highest BCUT2D eigenvalue weighted by atomic mass is 35.5. The van der Waals surface area contributed by atoms with E-state index in [0.29, 0.717) is 11.8 Å². The third kappa shape index (κ3) is 4.16. The molecule has 0 aromatic heterocycles. The molecule has 4 nitrogen and oxygen atoms in total. The van der Waals surface area contributed by atoms with Gasteiger partial charge in [0.2, 0.25) is 0 Å². The predicted molar refractivity (Wildman–Crippen MR) is 89.6 cm³/mol. The summed E-state index contributed by atoms with van der Waals surface area (Å²) in [6, 6.07) is 6.40. The monoisotopic (exact) mass is 360 g/mol. The Hall–Kier alpha value is -1.40. The van der Waals surface area contributed by atoms with Crippen molar-refractivity contribution in [1.82, 2.24) is 5.32 Å². The van der Waals surface area contributed by atoms with Crippen LogP contribution >= 0.6 is 12.4 Å². The molecule has 0 aliphatic heterocycles. The van der Waals surface area contributed by atoms with Gasteiger partial charge in [0, 0.05) is 12.1 Å². The van der Waals surface area contributed by atoms with E-state index in [1.807, 2.05) is 0 Å². The van der Waals surface area contributed by atoms with Crippen molar-refractivity contribution in [3.63, 3.8) is 0 Å². The third-order valence-electron chi connectivity index (χ3n) is 5.02. The zero-order chi connectivity index (χ0) is 16.4. The Morgan fingerprint density at radius 3 is 2.46 bits per heavy atom. The van der Waals surface area contributed by atoms with E-state index >= 15 is 0 Å². The molecule has 0 heterocycles. The number of hydrogen-bond donors (Lipinski definition) is 2. The van der Waals surface area contributed by atoms with Crippen LogP contribution in [0.5, 0.6) is 5.75 Å². The maximum absolute atomic E-state index is 12.6. The fraction of sp³-hybridized carbons (Fsp3) is 0.588. The molecule has 2 unspecified atom stereocenters. The highest BCUT2D eigenvalue weighted by Gasteiger charge is 2.40. The van der Waals surface area contributed by atoms with Crippen molar-refractivity contribution in [2.75, 3.05) is 0 Å². The van der Waals surface area contributed by atoms with E-state index in [9.17, 15) is 13.6 Å². The van der Waals surface area contributed by atoms with Crippen molar-refractivity contribution in [3.05, 3.63) is 29.8 Å². The summed E-state index contributed by atoms with van der Waals surface area (Å²) in [5, 5.41) is 3.05. The Labute approximate surface area is 146 Å². The topological polar surface area (TPSA) is 64.3 Å². The molecule has 2 bridgehead atoms. The molecule has 134 valence electrons. The number of alkyl halides is 2. The van der Waals surface area contributed by atoms with Crippen LogP contribution in [0.1, 0.15) is 42.5 Å². The molecule has 2 saturated carbocycles. The molecule has 3 N–H and O–H groups in total. The maximum Gasteiger partial charge on any atom is 0.387 e. The molecule has 3 rings (SSSR count). The second kappa shape index (κ2) is 8.12. The normalized spacial score (nSPS) is 28.8. The summed E-state index contributed by atoms with van der Waals surface area (Å²) in [7, 11) is 0. The highest BCUT2D eigenvalue weighted by molar-refractivity contribution is 5.97. The van der Waals surface area contributed by atoms with E-state index in [2.05, 4.69) is 10.1 Å². The number of para-hydroxylation sites is 1. The minimum absolute atomic E-state index is 0. The van der Waals surface area contributed by atoms with Crippen LogP contribution < -0.4 is 15.8 Å². The van der Waals surface area contributed by atoms with E-state index in [1.165, 1.54) is 18.6 Å². The number of halogens is 3. The Morgan fingerprint density at radius 2 is 1.83 bits per heavy atom. The summed E-state index contributed by atoms with van der Waals surface area (Å²) in [5.74, 6) is 0.325. The zero-order valence-corrected chi connectivity index (χ0v) is 14.1. The largest absolute Gasteiger partial charge is 0.434 e. The summed E-state index contributed by atoms with van der Waals surface area (Å²) in [5.41, 5.74) is 6.25. The lowest BCUT2D eigenvalue weighted by Crippen LogP contribution is -2.53. The second-order valence-electron chi connectivity index (χ2n) is 6.56. The summed E-state index contributed by atoms with van der Waals surface area (Å²) in [6.07, 6.45) is 5.11. The molecule has 24 heavy (non-hydrogen) atoms. The quantitative estimate of drug-likeness (QED) is 0.865. The molecule has 0 spiro atoms. The number of amides is 1. The van der Waals surface area contributed by atoms with Gasteiger partial charge in [0.1, 0.15) is 5.75 Å². The van der Waals surface area contributed by atoms with Gasteiger partial charge >= 0.3 is 6.61 Å². The van der Waals surface area contributed by atoms with E-state index in [1.54, 1.807) is 12.1 Å². The van der Waals surface area contributed by atoms with Crippen molar-refractivity contribution in [2.45, 2.75) is 50.8 Å². The van der Waals surface area contributed by atoms with Gasteiger partial charge in [0.15, 0.2) is 0 Å². The molecule has 1 aromatic carbocycles. The lowest BCUT2D eigenvalue weighted by molar-refractivity contribution is -0.0502. The first-order valence-corrected chi connectivity index (χ1v) is 8.15. The van der Waals surface area contributed by atoms with Crippen LogP contribution in [0.3, 0.4) is 0 Å². The molecule has 1 amide bonds. The van der Waals surface area contributed by atoms with Crippen LogP contribution in [0.4, 0.5) is 8.78 Å². The number of hydrogen-bond acceptors (Lipinski definition) is 3. The Balaban J connectivity index is 0.00000208. The Morgan fingerprint density at radius 1 is 1.21 bits per heavy atom. The molecule has 2 aliphatic rings. The first-order chi connectivity index (χ1) is 11.0. The van der Waals surface area contributed by atoms with Crippen LogP contribution in [0.2, 0.25) is 0 Å². The van der Waals surface area contributed by atoms with E-state index in [0.717, 1.165) is 25.7 Å². The van der Waals surface area contributed by atoms with Gasteiger partial charge in [0.25, 0.3) is 5.91 Å². The lowest BCUT2D eigenvalue weighted by Gasteiger charge is -2.45. The van der Waals surface area contributed by atoms with Crippen LogP contribution in [0.25, 0.3) is 0 Å². The minimum Gasteiger partial charge on any atom is -0.434 e. The first-order valence-electron chi connectivity index (χ1n) is 8.15. The van der Waals surface area contributed by atoms with Gasteiger partial charge in [-0.1, -0.05) is 18.6 Å². The fourth-order valence-electron chi connectivity index (χ4n) is 4.11. The SMILES string of the molecule is Cl.NC1CC2CCCC(C1)C2NC(=O)c1ccccc1OC(F)F. The number of nitrogens with two attached hydrogens (primary N) is 1. The third-order valence-corrected chi connectivity index (χ3v) is 5.02. The number of rotatable bonds is 4. The molecule has 2 fully saturated rings. The molecule has 0 saturated heterocycles. The summed E-state index contributed by atoms with van der Waals surface area (Å²) >= 11 is 0. The summed E-state index contributed by atoms with van der Waals surface area (Å²) < 4.78 is 29.4. The van der Waals surface area contributed by atoms with Crippen molar-refractivity contribution < 1.29 is 18.3 Å². The van der Waals surface area contributed by atoms with E-state index < -0.39 is 6.61 Å². The number of benzene rings is 1. The average molecular weight is 361 g/mol. The van der Waals surface area contributed by atoms with Gasteiger partial charge in [-0.05, 0) is 49.7 Å². The van der Waals surface area contributed by atoms with Gasteiger partial charge < -0.3 is 15.8 Å². The van der Waals surface area contributed by atoms with E-state index in [4.69, 9.17) is 5.73 Å². The van der Waals surface area contributed by atoms with Crippen LogP contribution in [-0.4, -0.2) is 24.6 Å². The number of carbonyl (C=O) groups is 1. The summed E-state index contributed by atoms with van der Waals surface area (Å²) in [4.78, 5) is 12.6. The molecular weight excluding hydrogens is 338 g/mol. The number of fused-ring (bicyclic) bond motifs is 2. The van der Waals surface area contributed by atoms with Gasteiger partial charge in [0.05, 0.1) is 5.56 Å². The molecule has 2 atom stereocenters. The lowest BCUT2D eigenvalue weighted by atomic mass is 9.67. The fourth-order valence-corrected chi connectivity index (χ4v) is 4.11. The van der Waals surface area contributed by atoms with Crippen LogP contribution in [-0.2, 0) is 0 Å². The van der Waals surface area contributed by atoms with E-state index in [-0.39, 0.29) is 41.7 Å². The number of nitrogens with one attached hydrogen (secondary N) is 1. The van der Waals surface area contributed by atoms with Crippen LogP contribution in [0.15, 0.2) is 24.3 Å². The molecular formula is C17H23ClF2N2O2. The van der Waals surface area contributed by atoms with Gasteiger partial charge in [-0.2, -0.15) is 8.78 Å². The predicted octanol–water partition coefficient (Wildman–Crippen LogP) is 3.35. The molecule has 0 radical (unpaired) electrons. The molecule has 2 aliphatic carbocycles. The van der Waals surface area contributed by atoms with Crippen molar-refractivity contribution in [3.8, 4) is 5.75 Å². The summed E-state index contributed by atoms with van der Waals surface area (Å²) in [6.45, 7) is -2.95. The first kappa shape index (κ1) is 18.9. The molecule has 1 aromatic rings. The van der Waals surface area contributed by atoms with Gasteiger partial charge in [-0.25, -0.2) is 0 Å². The Kier molecular flexibility index (Phi) is 6.40. The maximum atomic E-state index is 12.6. The van der Waals surface area contributed by atoms with Gasteiger partial charge in [-0.15, -0.1) is 12.4 Å². The van der Waals surface area contributed by atoms with Crippen molar-refractivity contribution in [2.24, 2.45) is 17.6 Å². The highest BCUT2D eigenvalue weighted by Crippen LogP contribution is 2.40. The second-order valence-corrected chi connectivity index (χ2v) is 6.56. The standard InChI is InChI=1S/C17H22F2N2O2.ClH/c18-17(19)23-14-7-2-1-6-13(14)16(22)21-15-10-4-3-5-11(15)9-12(20)8-10;/h1-2,6-7,10-12,15,17H,3-5,8-9,20H2,(H,21,22);1H. The average Bonchev–Trinajstić information content (AvgIpc) is 2.48. The van der Waals surface area contributed by atoms with Crippen molar-refractivity contribution >= 4 is 18.3 Å². The van der Waals surface area contributed by atoms with Crippen LogP contribution in [0, 0.1) is 11.8 Å². The van der Waals surface area contributed by atoms with Crippen molar-refractivity contribution in [1.29, 1.82) is 0 Å². The smallest absolute Gasteiger partial charge is 0.387 e.